The van der Waals surface area contributed by atoms with Crippen molar-refractivity contribution in [3.8, 4) is 0 Å². The van der Waals surface area contributed by atoms with Gasteiger partial charge in [0, 0.05) is 51.5 Å². The number of likely N-dealkylation sites (N-methyl/N-ethyl adjacent to an activating group) is 4. The van der Waals surface area contributed by atoms with E-state index in [1.54, 1.807) is 56.3 Å². The molecule has 11 unspecified atom stereocenters. The van der Waals surface area contributed by atoms with Crippen molar-refractivity contribution in [2.75, 3.05) is 41.3 Å². The zero-order valence-electron chi connectivity index (χ0n) is 50.4. The standard InChI is InChI=1S/C62H89BrN8O11/c1-15-38(5)50(67-55(74)45-31-32-64-36-45)59(78)70(13)51(44-25-21-18-22-26-44)56(75)66-47(33-37(3)4)58(77)71(14)53(62(9,10)81)61(80)82-52(39(6)16-2)60(79)68(11)40(7)54(73)65-48(34-42-23-19-17-20-24-42)57(76)69(12)49(41(8)72)35-43-27-29-46(63)30-28-43/h17-30,37-40,45,47-53,64,81H,15-16,31-36H2,1-14H3,(H,65,73)(H,66,75)(H,67,74). The van der Waals surface area contributed by atoms with E-state index in [1.807, 2.05) is 70.2 Å². The minimum atomic E-state index is -1.99. The molecule has 1 aliphatic rings. The molecule has 0 aliphatic carbocycles. The minimum Gasteiger partial charge on any atom is -0.450 e. The van der Waals surface area contributed by atoms with Crippen molar-refractivity contribution in [3.05, 3.63) is 106 Å². The normalized spacial score (nSPS) is 17.0. The van der Waals surface area contributed by atoms with Gasteiger partial charge < -0.3 is 50.7 Å². The zero-order valence-corrected chi connectivity index (χ0v) is 52.0. The van der Waals surface area contributed by atoms with Gasteiger partial charge in [-0.2, -0.15) is 0 Å². The Bertz CT molecular complexity index is 2650. The van der Waals surface area contributed by atoms with E-state index in [0.29, 0.717) is 37.9 Å². The summed E-state index contributed by atoms with van der Waals surface area (Å²) in [5, 5.41) is 23.6. The maximum atomic E-state index is 14.9. The molecule has 82 heavy (non-hydrogen) atoms. The van der Waals surface area contributed by atoms with Crippen molar-refractivity contribution in [2.45, 2.75) is 162 Å². The van der Waals surface area contributed by atoms with Crippen LogP contribution < -0.4 is 21.3 Å². The molecule has 1 fully saturated rings. The SMILES string of the molecule is CCC(C)C(NC(=O)C1CCNC1)C(=O)N(C)C(C(=O)NC(CC(C)C)C(=O)N(C)C(C(=O)OC(C(=O)N(C)C(C)C(=O)NC(Cc1ccccc1)C(=O)N(C)C(Cc1ccc(Br)cc1)C(C)=O)C(C)CC)C(C)(C)O)c1ccccc1. The van der Waals surface area contributed by atoms with Gasteiger partial charge in [0.2, 0.25) is 35.4 Å². The molecule has 7 amide bonds. The lowest BCUT2D eigenvalue weighted by atomic mass is 9.94. The third-order valence-corrected chi connectivity index (χ3v) is 16.3. The number of hydrogen-bond acceptors (Lipinski definition) is 12. The molecule has 19 nitrogen and oxygen atoms in total. The maximum Gasteiger partial charge on any atom is 0.332 e. The van der Waals surface area contributed by atoms with Crippen LogP contribution in [-0.4, -0.2) is 167 Å². The summed E-state index contributed by atoms with van der Waals surface area (Å²) in [6, 6.07) is 16.4. The van der Waals surface area contributed by atoms with E-state index in [2.05, 4.69) is 37.2 Å². The Hall–Kier alpha value is -6.51. The Morgan fingerprint density at radius 2 is 1.22 bits per heavy atom. The summed E-state index contributed by atoms with van der Waals surface area (Å²) in [6.07, 6.45) is 0.324. The van der Waals surface area contributed by atoms with Gasteiger partial charge in [0.05, 0.1) is 17.6 Å². The van der Waals surface area contributed by atoms with Crippen molar-refractivity contribution in [2.24, 2.45) is 23.7 Å². The number of Topliss-reactive ketones (excluding diaryl/α,β-unsaturated/α-hetero) is 1. The Labute approximate surface area is 493 Å². The quantitative estimate of drug-likeness (QED) is 0.0549. The number of nitrogens with zero attached hydrogens (tertiary/aromatic N) is 4. The maximum absolute atomic E-state index is 14.9. The molecule has 0 bridgehead atoms. The van der Waals surface area contributed by atoms with E-state index in [9.17, 15) is 48.3 Å². The molecule has 11 atom stereocenters. The molecule has 0 aromatic heterocycles. The molecular weight excluding hydrogens is 1110 g/mol. The fraction of sp³-hybridized carbons (Fsp3) is 0.565. The highest BCUT2D eigenvalue weighted by Crippen LogP contribution is 2.27. The number of halogens is 1. The number of rotatable bonds is 29. The van der Waals surface area contributed by atoms with Crippen LogP contribution in [0, 0.1) is 23.7 Å². The molecule has 0 radical (unpaired) electrons. The highest BCUT2D eigenvalue weighted by Gasteiger charge is 2.46. The summed E-state index contributed by atoms with van der Waals surface area (Å²) in [5.74, 6) is -7.12. The number of carbonyl (C=O) groups excluding carboxylic acids is 9. The molecular formula is C62H89BrN8O11. The van der Waals surface area contributed by atoms with Gasteiger partial charge in [0.25, 0.3) is 5.91 Å². The van der Waals surface area contributed by atoms with E-state index < -0.39 is 101 Å². The van der Waals surface area contributed by atoms with Gasteiger partial charge in [-0.3, -0.25) is 38.4 Å². The van der Waals surface area contributed by atoms with Crippen molar-refractivity contribution in [1.29, 1.82) is 0 Å². The predicted molar refractivity (Wildman–Crippen MR) is 317 cm³/mol. The summed E-state index contributed by atoms with van der Waals surface area (Å²) >= 11 is 3.43. The molecule has 1 heterocycles. The molecule has 1 saturated heterocycles. The lowest BCUT2D eigenvalue weighted by Gasteiger charge is -2.39. The summed E-state index contributed by atoms with van der Waals surface area (Å²) in [7, 11) is 5.65. The summed E-state index contributed by atoms with van der Waals surface area (Å²) in [6.45, 7) is 17.6. The Balaban J connectivity index is 1.60. The van der Waals surface area contributed by atoms with E-state index in [0.717, 1.165) is 25.4 Å². The van der Waals surface area contributed by atoms with Gasteiger partial charge in [0.15, 0.2) is 17.9 Å². The van der Waals surface area contributed by atoms with Gasteiger partial charge in [-0.15, -0.1) is 0 Å². The average molecular weight is 1200 g/mol. The Morgan fingerprint density at radius 1 is 0.671 bits per heavy atom. The molecule has 4 rings (SSSR count). The number of esters is 1. The van der Waals surface area contributed by atoms with Gasteiger partial charge in [-0.05, 0) is 101 Å². The number of carbonyl (C=O) groups is 9. The van der Waals surface area contributed by atoms with Crippen LogP contribution in [-0.2, 0) is 60.7 Å². The third-order valence-electron chi connectivity index (χ3n) is 15.7. The van der Waals surface area contributed by atoms with Crippen molar-refractivity contribution >= 4 is 69.0 Å². The number of nitrogens with one attached hydrogen (secondary N) is 4. The molecule has 450 valence electrons. The fourth-order valence-corrected chi connectivity index (χ4v) is 10.4. The molecule has 0 spiro atoms. The van der Waals surface area contributed by atoms with E-state index in [-0.39, 0.29) is 48.7 Å². The molecule has 1 aliphatic heterocycles. The first-order valence-electron chi connectivity index (χ1n) is 28.5. The van der Waals surface area contributed by atoms with Crippen molar-refractivity contribution in [3.63, 3.8) is 0 Å². The van der Waals surface area contributed by atoms with Crippen molar-refractivity contribution < 1.29 is 53.0 Å². The van der Waals surface area contributed by atoms with Gasteiger partial charge in [-0.25, -0.2) is 4.79 Å². The lowest BCUT2D eigenvalue weighted by Crippen LogP contribution is -2.61. The number of amides is 7. The van der Waals surface area contributed by atoms with Crippen LogP contribution in [0.2, 0.25) is 0 Å². The molecule has 5 N–H and O–H groups in total. The summed E-state index contributed by atoms with van der Waals surface area (Å²) in [4.78, 5) is 133. The summed E-state index contributed by atoms with van der Waals surface area (Å²) in [5.41, 5.74) is -0.00891. The van der Waals surface area contributed by atoms with Crippen LogP contribution in [0.25, 0.3) is 0 Å². The minimum absolute atomic E-state index is 0.0607. The topological polar surface area (TPSA) is 244 Å². The average Bonchev–Trinajstić information content (AvgIpc) is 4.00. The van der Waals surface area contributed by atoms with Gasteiger partial charge >= 0.3 is 5.97 Å². The van der Waals surface area contributed by atoms with Crippen LogP contribution in [0.15, 0.2) is 89.4 Å². The second kappa shape index (κ2) is 31.2. The molecule has 3 aromatic rings. The van der Waals surface area contributed by atoms with Crippen molar-refractivity contribution in [1.82, 2.24) is 40.9 Å². The van der Waals surface area contributed by atoms with Gasteiger partial charge in [0.1, 0.15) is 30.2 Å². The number of aliphatic hydroxyl groups is 1. The molecule has 0 saturated carbocycles. The Kier molecular flexibility index (Phi) is 25.9. The number of hydrogen-bond donors (Lipinski definition) is 5. The first-order valence-corrected chi connectivity index (χ1v) is 29.3. The van der Waals surface area contributed by atoms with E-state index >= 15 is 0 Å². The number of benzene rings is 3. The van der Waals surface area contributed by atoms with Gasteiger partial charge in [-0.1, -0.05) is 137 Å². The van der Waals surface area contributed by atoms with Crippen LogP contribution in [0.5, 0.6) is 0 Å². The predicted octanol–water partition coefficient (Wildman–Crippen LogP) is 5.41. The van der Waals surface area contributed by atoms with Crippen LogP contribution in [0.1, 0.15) is 118 Å². The molecule has 3 aromatic carbocycles. The van der Waals surface area contributed by atoms with E-state index in [1.165, 1.54) is 65.7 Å². The highest BCUT2D eigenvalue weighted by molar-refractivity contribution is 9.10. The van der Waals surface area contributed by atoms with Crippen LogP contribution >= 0.6 is 15.9 Å². The monoisotopic (exact) mass is 1200 g/mol. The highest BCUT2D eigenvalue weighted by atomic mass is 79.9. The van der Waals surface area contributed by atoms with Crippen LogP contribution in [0.3, 0.4) is 0 Å². The van der Waals surface area contributed by atoms with Crippen LogP contribution in [0.4, 0.5) is 0 Å². The lowest BCUT2D eigenvalue weighted by molar-refractivity contribution is -0.177. The third kappa shape index (κ3) is 18.5. The largest absolute Gasteiger partial charge is 0.450 e. The number of ketones is 1. The summed E-state index contributed by atoms with van der Waals surface area (Å²) < 4.78 is 6.89. The van der Waals surface area contributed by atoms with E-state index in [4.69, 9.17) is 4.74 Å². The first-order chi connectivity index (χ1) is 38.5. The fourth-order valence-electron chi connectivity index (χ4n) is 10.1. The number of ether oxygens (including phenoxy) is 1. The second-order valence-electron chi connectivity index (χ2n) is 23.0. The molecule has 20 heteroatoms. The Morgan fingerprint density at radius 3 is 1.74 bits per heavy atom. The zero-order chi connectivity index (χ0) is 61.3. The first kappa shape index (κ1) is 68.0. The second-order valence-corrected chi connectivity index (χ2v) is 24.0. The smallest absolute Gasteiger partial charge is 0.332 e.